The van der Waals surface area contributed by atoms with Crippen molar-refractivity contribution < 1.29 is 22.0 Å². The van der Waals surface area contributed by atoms with Gasteiger partial charge in [0.2, 0.25) is 10.0 Å². The lowest BCUT2D eigenvalue weighted by Gasteiger charge is -2.10. The molecular weight excluding hydrogens is 314 g/mol. The van der Waals surface area contributed by atoms with Crippen LogP contribution in [0.15, 0.2) is 11.0 Å². The molecule has 20 heavy (non-hydrogen) atoms. The van der Waals surface area contributed by atoms with Crippen molar-refractivity contribution in [3.05, 3.63) is 28.3 Å². The molecule has 0 aliphatic rings. The van der Waals surface area contributed by atoms with Crippen molar-refractivity contribution in [1.82, 2.24) is 5.32 Å². The number of carbonyl (C=O) groups excluding carboxylic acids is 1. The summed E-state index contributed by atoms with van der Waals surface area (Å²) in [5.41, 5.74) is -0.481. The van der Waals surface area contributed by atoms with Crippen LogP contribution in [0.2, 0.25) is 5.02 Å². The number of amides is 1. The smallest absolute Gasteiger partial charge is 0.252 e. The fourth-order valence-corrected chi connectivity index (χ4v) is 2.72. The molecule has 0 aromatic heterocycles. The van der Waals surface area contributed by atoms with Crippen LogP contribution in [0, 0.1) is 11.6 Å². The Morgan fingerprint density at radius 3 is 2.55 bits per heavy atom. The third-order valence-electron chi connectivity index (χ3n) is 2.46. The van der Waals surface area contributed by atoms with Gasteiger partial charge in [0, 0.05) is 6.54 Å². The molecule has 112 valence electrons. The summed E-state index contributed by atoms with van der Waals surface area (Å²) in [5.74, 6) is -4.02. The molecule has 0 radical (unpaired) electrons. The van der Waals surface area contributed by atoms with Crippen LogP contribution in [0.3, 0.4) is 0 Å². The first-order valence-electron chi connectivity index (χ1n) is 5.68. The maximum absolute atomic E-state index is 13.5. The number of unbranched alkanes of at least 4 members (excludes halogenated alkanes) is 1. The number of sulfonamides is 1. The summed E-state index contributed by atoms with van der Waals surface area (Å²) in [6.45, 7) is 2.20. The zero-order valence-electron chi connectivity index (χ0n) is 10.5. The van der Waals surface area contributed by atoms with E-state index in [0.29, 0.717) is 19.0 Å². The van der Waals surface area contributed by atoms with Crippen LogP contribution in [-0.4, -0.2) is 20.9 Å². The van der Waals surface area contributed by atoms with Gasteiger partial charge in [-0.15, -0.1) is 0 Å². The molecule has 0 aliphatic heterocycles. The van der Waals surface area contributed by atoms with Gasteiger partial charge in [-0.2, -0.15) is 0 Å². The Bertz CT molecular complexity index is 635. The van der Waals surface area contributed by atoms with Crippen molar-refractivity contribution in [2.45, 2.75) is 24.7 Å². The monoisotopic (exact) mass is 326 g/mol. The molecule has 9 heteroatoms. The van der Waals surface area contributed by atoms with Gasteiger partial charge in [0.15, 0.2) is 11.6 Å². The van der Waals surface area contributed by atoms with Crippen LogP contribution in [0.1, 0.15) is 30.1 Å². The van der Waals surface area contributed by atoms with Crippen LogP contribution in [-0.2, 0) is 10.0 Å². The molecular formula is C11H13ClF2N2O3S. The van der Waals surface area contributed by atoms with Gasteiger partial charge in [0.1, 0.15) is 4.90 Å². The van der Waals surface area contributed by atoms with Crippen molar-refractivity contribution in [3.63, 3.8) is 0 Å². The van der Waals surface area contributed by atoms with Gasteiger partial charge in [-0.1, -0.05) is 24.9 Å². The van der Waals surface area contributed by atoms with Crippen LogP contribution in [0.5, 0.6) is 0 Å². The van der Waals surface area contributed by atoms with E-state index in [2.05, 4.69) is 5.32 Å². The number of rotatable bonds is 5. The molecule has 0 saturated carbocycles. The van der Waals surface area contributed by atoms with E-state index >= 15 is 0 Å². The Balaban J connectivity index is 3.30. The van der Waals surface area contributed by atoms with Gasteiger partial charge >= 0.3 is 0 Å². The topological polar surface area (TPSA) is 89.3 Å². The summed E-state index contributed by atoms with van der Waals surface area (Å²) in [7, 11) is -4.59. The van der Waals surface area contributed by atoms with E-state index in [-0.39, 0.29) is 0 Å². The predicted molar refractivity (Wildman–Crippen MR) is 70.0 cm³/mol. The van der Waals surface area contributed by atoms with Gasteiger partial charge in [-0.25, -0.2) is 22.3 Å². The second-order valence-electron chi connectivity index (χ2n) is 4.02. The van der Waals surface area contributed by atoms with E-state index in [0.717, 1.165) is 6.42 Å². The highest BCUT2D eigenvalue weighted by atomic mass is 35.5. The second kappa shape index (κ2) is 6.47. The minimum atomic E-state index is -4.59. The molecule has 0 spiro atoms. The van der Waals surface area contributed by atoms with Crippen LogP contribution < -0.4 is 10.5 Å². The molecule has 1 amide bonds. The molecule has 1 rings (SSSR count). The first-order chi connectivity index (χ1) is 9.20. The highest BCUT2D eigenvalue weighted by Crippen LogP contribution is 2.29. The van der Waals surface area contributed by atoms with Crippen molar-refractivity contribution in [2.75, 3.05) is 6.54 Å². The van der Waals surface area contributed by atoms with Crippen molar-refractivity contribution in [1.29, 1.82) is 0 Å². The molecule has 0 aliphatic carbocycles. The molecule has 0 unspecified atom stereocenters. The molecule has 0 fully saturated rings. The molecule has 0 saturated heterocycles. The molecule has 0 bridgehead atoms. The third-order valence-corrected chi connectivity index (χ3v) is 3.92. The average molecular weight is 327 g/mol. The lowest BCUT2D eigenvalue weighted by atomic mass is 10.2. The molecule has 5 nitrogen and oxygen atoms in total. The fraction of sp³-hybridized carbons (Fsp3) is 0.364. The number of nitrogens with two attached hydrogens (primary N) is 1. The van der Waals surface area contributed by atoms with Gasteiger partial charge < -0.3 is 5.32 Å². The van der Waals surface area contributed by atoms with Gasteiger partial charge in [0.05, 0.1) is 10.6 Å². The van der Waals surface area contributed by atoms with Crippen molar-refractivity contribution in [3.8, 4) is 0 Å². The van der Waals surface area contributed by atoms with E-state index < -0.39 is 43.0 Å². The number of primary sulfonamides is 1. The van der Waals surface area contributed by atoms with Gasteiger partial charge in [-0.3, -0.25) is 4.79 Å². The minimum absolute atomic E-state index is 0.301. The number of halogens is 3. The number of nitrogens with one attached hydrogen (secondary N) is 1. The second-order valence-corrected chi connectivity index (χ2v) is 5.89. The number of hydrogen-bond donors (Lipinski definition) is 2. The zero-order chi connectivity index (χ0) is 15.5. The van der Waals surface area contributed by atoms with Gasteiger partial charge in [-0.05, 0) is 12.5 Å². The first kappa shape index (κ1) is 16.8. The summed E-state index contributed by atoms with van der Waals surface area (Å²) < 4.78 is 49.3. The first-order valence-corrected chi connectivity index (χ1v) is 7.61. The van der Waals surface area contributed by atoms with Crippen LogP contribution in [0.4, 0.5) is 8.78 Å². The van der Waals surface area contributed by atoms with Gasteiger partial charge in [0.25, 0.3) is 5.91 Å². The summed E-state index contributed by atoms with van der Waals surface area (Å²) in [5, 5.41) is 6.45. The normalized spacial score (nSPS) is 11.4. The predicted octanol–water partition coefficient (Wildman–Crippen LogP) is 1.80. The summed E-state index contributed by atoms with van der Waals surface area (Å²) in [6, 6.07) is 0.535. The van der Waals surface area contributed by atoms with Crippen LogP contribution >= 0.6 is 11.6 Å². The Morgan fingerprint density at radius 1 is 1.45 bits per heavy atom. The highest BCUT2D eigenvalue weighted by Gasteiger charge is 2.27. The molecule has 3 N–H and O–H groups in total. The van der Waals surface area contributed by atoms with E-state index in [1.54, 1.807) is 0 Å². The van der Waals surface area contributed by atoms with E-state index in [1.165, 1.54) is 0 Å². The lowest BCUT2D eigenvalue weighted by Crippen LogP contribution is -2.26. The Morgan fingerprint density at radius 2 is 2.05 bits per heavy atom. The fourth-order valence-electron chi connectivity index (χ4n) is 1.47. The molecule has 1 aromatic carbocycles. The van der Waals surface area contributed by atoms with Crippen LogP contribution in [0.25, 0.3) is 0 Å². The largest absolute Gasteiger partial charge is 0.352 e. The Kier molecular flexibility index (Phi) is 5.43. The minimum Gasteiger partial charge on any atom is -0.352 e. The van der Waals surface area contributed by atoms with E-state index in [9.17, 15) is 22.0 Å². The lowest BCUT2D eigenvalue weighted by molar-refractivity contribution is 0.0952. The van der Waals surface area contributed by atoms with Crippen molar-refractivity contribution in [2.24, 2.45) is 5.14 Å². The summed E-state index contributed by atoms with van der Waals surface area (Å²) in [4.78, 5) is 10.5. The Hall–Kier alpha value is -1.25. The maximum Gasteiger partial charge on any atom is 0.252 e. The average Bonchev–Trinajstić information content (AvgIpc) is 2.32. The number of benzene rings is 1. The highest BCUT2D eigenvalue weighted by molar-refractivity contribution is 7.89. The SMILES string of the molecule is CCCCNC(=O)c1cc(F)c(F)c(S(N)(=O)=O)c1Cl. The van der Waals surface area contributed by atoms with E-state index in [4.69, 9.17) is 16.7 Å². The number of hydrogen-bond acceptors (Lipinski definition) is 3. The molecule has 0 heterocycles. The standard InChI is InChI=1S/C11H13ClF2N2O3S/c1-2-3-4-16-11(17)6-5-7(13)9(14)10(8(6)12)20(15,18)19/h5H,2-4H2,1H3,(H,16,17)(H2,15,18,19). The number of carbonyl (C=O) groups is 1. The maximum atomic E-state index is 13.5. The summed E-state index contributed by atoms with van der Waals surface area (Å²) in [6.07, 6.45) is 1.49. The Labute approximate surface area is 120 Å². The quantitative estimate of drug-likeness (QED) is 0.638. The molecule has 1 aromatic rings. The zero-order valence-corrected chi connectivity index (χ0v) is 12.1. The van der Waals surface area contributed by atoms with E-state index in [1.807, 2.05) is 6.92 Å². The molecule has 0 atom stereocenters. The third kappa shape index (κ3) is 3.65. The van der Waals surface area contributed by atoms with Crippen molar-refractivity contribution >= 4 is 27.5 Å². The summed E-state index contributed by atoms with van der Waals surface area (Å²) >= 11 is 5.65.